The van der Waals surface area contributed by atoms with E-state index in [0.717, 1.165) is 21.6 Å². The van der Waals surface area contributed by atoms with E-state index in [4.69, 9.17) is 37.9 Å². The summed E-state index contributed by atoms with van der Waals surface area (Å²) in [4.78, 5) is 73.7. The van der Waals surface area contributed by atoms with Gasteiger partial charge in [-0.05, 0) is 43.5 Å². The minimum atomic E-state index is -2.42. The smallest absolute Gasteiger partial charge is 0.410 e. The number of ketones is 3. The van der Waals surface area contributed by atoms with Gasteiger partial charge >= 0.3 is 12.2 Å². The average Bonchev–Trinajstić information content (AvgIpc) is 3.76. The Hall–Kier alpha value is -6.45. The zero-order valence-electron chi connectivity index (χ0n) is 41.1. The number of aromatic hydroxyl groups is 2. The van der Waals surface area contributed by atoms with Crippen LogP contribution in [0.2, 0.25) is 0 Å². The van der Waals surface area contributed by atoms with E-state index in [9.17, 15) is 39.3 Å². The Bertz CT molecular complexity index is 2770. The van der Waals surface area contributed by atoms with Crippen LogP contribution in [0.4, 0.5) is 9.59 Å². The fourth-order valence-electron chi connectivity index (χ4n) is 10.4. The van der Waals surface area contributed by atoms with Crippen molar-refractivity contribution in [1.82, 2.24) is 14.7 Å². The van der Waals surface area contributed by atoms with Gasteiger partial charge in [-0.2, -0.15) is 0 Å². The standard InChI is InChI=1S/C53H59N3O16/c1-28-47-34(56-22-23-67-49(66-7)48(56)71-47)24-38(69-28)70-36-26-53(64,25-33-40(36)46(61)42-41(44(33)59)43(58)32-14-11-15-35(65-6)39(32)45(42)60)37(57)27-68-50(62)54(4)20-21-55(5)51(63)72-52(2,3)31-18-16-30(17-19-31)29-12-9-8-10-13-29/h8-19,28,34,36,38,47-49,59,61,64H,20-27H2,1-7H3/t28-,34-,36-,38-,47+,48+,49-,53-/m0/s1. The van der Waals surface area contributed by atoms with Gasteiger partial charge in [0.1, 0.15) is 34.6 Å². The first-order chi connectivity index (χ1) is 34.3. The quantitative estimate of drug-likeness (QED) is 0.124. The Morgan fingerprint density at radius 2 is 1.53 bits per heavy atom. The van der Waals surface area contributed by atoms with E-state index in [1.54, 1.807) is 20.8 Å². The van der Waals surface area contributed by atoms with Crippen molar-refractivity contribution in [2.75, 3.05) is 61.2 Å². The summed E-state index contributed by atoms with van der Waals surface area (Å²) in [5, 5.41) is 36.5. The molecule has 0 bridgehead atoms. The molecule has 8 atom stereocenters. The van der Waals surface area contributed by atoms with Crippen molar-refractivity contribution in [3.05, 3.63) is 112 Å². The first-order valence-corrected chi connectivity index (χ1v) is 23.8. The lowest BCUT2D eigenvalue weighted by Crippen LogP contribution is -2.55. The molecule has 0 aromatic heterocycles. The number of methoxy groups -OCH3 is 2. The Balaban J connectivity index is 0.903. The van der Waals surface area contributed by atoms with Crippen LogP contribution in [-0.4, -0.2) is 163 Å². The molecule has 2 amide bonds. The third-order valence-corrected chi connectivity index (χ3v) is 14.5. The molecule has 0 saturated carbocycles. The minimum Gasteiger partial charge on any atom is -0.507 e. The van der Waals surface area contributed by atoms with E-state index in [1.807, 2.05) is 54.6 Å². The third kappa shape index (κ3) is 9.18. The Morgan fingerprint density at radius 1 is 0.847 bits per heavy atom. The van der Waals surface area contributed by atoms with Gasteiger partial charge < -0.3 is 63.0 Å². The molecule has 3 heterocycles. The molecule has 4 aromatic carbocycles. The molecule has 5 aliphatic rings. The van der Waals surface area contributed by atoms with Crippen LogP contribution in [0.1, 0.15) is 88.3 Å². The van der Waals surface area contributed by atoms with E-state index in [1.165, 1.54) is 51.4 Å². The summed E-state index contributed by atoms with van der Waals surface area (Å²) < 4.78 is 47.3. The fraction of sp³-hybridized carbons (Fsp3) is 0.453. The van der Waals surface area contributed by atoms with Crippen LogP contribution in [0.25, 0.3) is 11.1 Å². The number of morpholine rings is 1. The summed E-state index contributed by atoms with van der Waals surface area (Å²) >= 11 is 0. The average molecular weight is 994 g/mol. The van der Waals surface area contributed by atoms with Crippen LogP contribution in [0.3, 0.4) is 0 Å². The van der Waals surface area contributed by atoms with E-state index in [-0.39, 0.29) is 53.6 Å². The molecule has 382 valence electrons. The number of Topliss-reactive ketones (excluding diaryl/α,β-unsaturated/α-hetero) is 1. The zero-order valence-corrected chi connectivity index (χ0v) is 41.1. The molecule has 2 aliphatic carbocycles. The fourth-order valence-corrected chi connectivity index (χ4v) is 10.4. The highest BCUT2D eigenvalue weighted by atomic mass is 16.7. The van der Waals surface area contributed by atoms with Gasteiger partial charge in [0.2, 0.25) is 11.6 Å². The summed E-state index contributed by atoms with van der Waals surface area (Å²) in [5.74, 6) is -3.93. The first kappa shape index (κ1) is 50.5. The highest BCUT2D eigenvalue weighted by molar-refractivity contribution is 6.31. The minimum absolute atomic E-state index is 0.0254. The highest BCUT2D eigenvalue weighted by Crippen LogP contribution is 2.53. The van der Waals surface area contributed by atoms with Crippen molar-refractivity contribution in [1.29, 1.82) is 0 Å². The molecule has 72 heavy (non-hydrogen) atoms. The Labute approximate surface area is 416 Å². The molecule has 4 aromatic rings. The highest BCUT2D eigenvalue weighted by Gasteiger charge is 2.55. The van der Waals surface area contributed by atoms with Gasteiger partial charge in [0.15, 0.2) is 31.2 Å². The SMILES string of the molecule is COc1cccc2c1C(=O)c1c(O)c3c(c(O)c1C2=O)C[C@@](O)(C(=O)COC(=O)N(C)CCN(C)C(=O)OC(C)(C)c1ccc(-c2ccccc2)cc1)C[C@@H]3O[C@H]1C[C@H]2[C@H](O[C@@H]3[C@@H](OC)OCCN32)[C@H](C)O1. The number of carbonyl (C=O) groups is 5. The normalized spacial score (nSPS) is 25.5. The summed E-state index contributed by atoms with van der Waals surface area (Å²) in [6.07, 6.45) is -7.18. The maximum Gasteiger partial charge on any atom is 0.410 e. The van der Waals surface area contributed by atoms with E-state index < -0.39 is 120 Å². The van der Waals surface area contributed by atoms with Gasteiger partial charge in [0, 0.05) is 82.8 Å². The zero-order chi connectivity index (χ0) is 51.4. The lowest BCUT2D eigenvalue weighted by molar-refractivity contribution is -0.256. The maximum atomic E-state index is 14.3. The molecule has 19 heteroatoms. The van der Waals surface area contributed by atoms with Crippen molar-refractivity contribution in [3.63, 3.8) is 0 Å². The van der Waals surface area contributed by atoms with Crippen LogP contribution >= 0.6 is 0 Å². The number of carbonyl (C=O) groups excluding carboxylic acids is 5. The molecule has 9 rings (SSSR count). The van der Waals surface area contributed by atoms with Crippen molar-refractivity contribution >= 4 is 29.5 Å². The van der Waals surface area contributed by atoms with Crippen molar-refractivity contribution in [3.8, 4) is 28.4 Å². The molecule has 0 unspecified atom stereocenters. The van der Waals surface area contributed by atoms with E-state index >= 15 is 0 Å². The number of phenolic OH excluding ortho intramolecular Hbond substituents is 2. The number of ether oxygens (including phenoxy) is 8. The molecule has 3 aliphatic heterocycles. The van der Waals surface area contributed by atoms with Gasteiger partial charge in [0.25, 0.3) is 0 Å². The monoisotopic (exact) mass is 993 g/mol. The van der Waals surface area contributed by atoms with Crippen LogP contribution in [0.15, 0.2) is 72.8 Å². The second kappa shape index (κ2) is 19.9. The summed E-state index contributed by atoms with van der Waals surface area (Å²) in [6, 6.07) is 21.7. The topological polar surface area (TPSA) is 230 Å². The van der Waals surface area contributed by atoms with Crippen LogP contribution in [-0.2, 0) is 50.0 Å². The molecule has 3 saturated heterocycles. The number of hydrogen-bond acceptors (Lipinski definition) is 17. The number of hydrogen-bond donors (Lipinski definition) is 3. The van der Waals surface area contributed by atoms with Crippen LogP contribution in [0, 0.1) is 0 Å². The van der Waals surface area contributed by atoms with Gasteiger partial charge in [-0.15, -0.1) is 0 Å². The van der Waals surface area contributed by atoms with Crippen LogP contribution in [0.5, 0.6) is 17.2 Å². The molecule has 0 radical (unpaired) electrons. The number of benzene rings is 4. The number of likely N-dealkylation sites (N-methyl/N-ethyl adjacent to an activating group) is 2. The molecule has 0 spiro atoms. The molecular weight excluding hydrogens is 935 g/mol. The lowest BCUT2D eigenvalue weighted by atomic mass is 9.72. The molecule has 3 fully saturated rings. The number of aliphatic hydroxyl groups is 1. The first-order valence-electron chi connectivity index (χ1n) is 23.8. The van der Waals surface area contributed by atoms with Crippen molar-refractivity contribution in [2.45, 2.75) is 94.4 Å². The van der Waals surface area contributed by atoms with Gasteiger partial charge in [-0.3, -0.25) is 19.3 Å². The number of fused-ring (bicyclic) bond motifs is 6. The second-order valence-electron chi connectivity index (χ2n) is 19.3. The third-order valence-electron chi connectivity index (χ3n) is 14.5. The van der Waals surface area contributed by atoms with Gasteiger partial charge in [-0.1, -0.05) is 66.7 Å². The predicted molar refractivity (Wildman–Crippen MR) is 255 cm³/mol. The summed E-state index contributed by atoms with van der Waals surface area (Å²) in [5.41, 5.74) is -2.12. The largest absolute Gasteiger partial charge is 0.507 e. The van der Waals surface area contributed by atoms with Crippen LogP contribution < -0.4 is 4.74 Å². The molecule has 19 nitrogen and oxygen atoms in total. The molecular formula is C53H59N3O16. The Morgan fingerprint density at radius 3 is 2.22 bits per heavy atom. The number of nitrogens with zero attached hydrogens (tertiary/aromatic N) is 3. The Kier molecular flexibility index (Phi) is 13.9. The van der Waals surface area contributed by atoms with Gasteiger partial charge in [-0.25, -0.2) is 9.59 Å². The van der Waals surface area contributed by atoms with E-state index in [2.05, 4.69) is 4.90 Å². The summed E-state index contributed by atoms with van der Waals surface area (Å²) in [6.45, 7) is 5.33. The van der Waals surface area contributed by atoms with Crippen molar-refractivity contribution < 1.29 is 77.2 Å². The predicted octanol–water partition coefficient (Wildman–Crippen LogP) is 5.46. The lowest BCUT2D eigenvalue weighted by Gasteiger charge is -2.43. The second-order valence-corrected chi connectivity index (χ2v) is 19.3. The van der Waals surface area contributed by atoms with Crippen molar-refractivity contribution in [2.24, 2.45) is 0 Å². The maximum absolute atomic E-state index is 14.3. The van der Waals surface area contributed by atoms with E-state index in [0.29, 0.717) is 13.2 Å². The van der Waals surface area contributed by atoms with Gasteiger partial charge in [0.05, 0.1) is 42.6 Å². The summed E-state index contributed by atoms with van der Waals surface area (Å²) in [7, 11) is 5.79. The molecule has 3 N–H and O–H groups in total. The number of amides is 2. The number of phenols is 2. The number of rotatable bonds is 13.